The summed E-state index contributed by atoms with van der Waals surface area (Å²) in [6.07, 6.45) is 4.50. The Hall–Kier alpha value is -2.18. The Morgan fingerprint density at radius 1 is 1.43 bits per heavy atom. The van der Waals surface area contributed by atoms with Crippen molar-refractivity contribution < 1.29 is 14.8 Å². The van der Waals surface area contributed by atoms with Crippen molar-refractivity contribution in [2.24, 2.45) is 11.8 Å². The van der Waals surface area contributed by atoms with Crippen molar-refractivity contribution in [3.05, 3.63) is 27.9 Å². The standard InChI is InChI=1S/C14H19N3O4/c1-9-2-4-10(5-3-9)8-15-13-12(17(20)21)7-6-11(16-13)14(18)19/h6-7,9-10H,2-5,8H2,1H3,(H,15,16)(H,18,19). The van der Waals surface area contributed by atoms with E-state index in [-0.39, 0.29) is 17.2 Å². The number of carbonyl (C=O) groups is 1. The zero-order valence-electron chi connectivity index (χ0n) is 11.9. The van der Waals surface area contributed by atoms with Gasteiger partial charge in [0, 0.05) is 12.6 Å². The molecule has 0 radical (unpaired) electrons. The van der Waals surface area contributed by atoms with Gasteiger partial charge >= 0.3 is 11.7 Å². The Morgan fingerprint density at radius 3 is 2.67 bits per heavy atom. The van der Waals surface area contributed by atoms with Crippen LogP contribution in [0.5, 0.6) is 0 Å². The van der Waals surface area contributed by atoms with Gasteiger partial charge in [0.25, 0.3) is 0 Å². The van der Waals surface area contributed by atoms with Crippen molar-refractivity contribution in [3.63, 3.8) is 0 Å². The molecule has 1 aliphatic rings. The highest BCUT2D eigenvalue weighted by Gasteiger charge is 2.21. The average molecular weight is 293 g/mol. The van der Waals surface area contributed by atoms with E-state index in [1.54, 1.807) is 0 Å². The molecule has 0 amide bonds. The van der Waals surface area contributed by atoms with Crippen LogP contribution in [0.3, 0.4) is 0 Å². The molecule has 1 fully saturated rings. The van der Waals surface area contributed by atoms with Gasteiger partial charge in [-0.2, -0.15) is 0 Å². The summed E-state index contributed by atoms with van der Waals surface area (Å²) >= 11 is 0. The monoisotopic (exact) mass is 293 g/mol. The summed E-state index contributed by atoms with van der Waals surface area (Å²) in [6.45, 7) is 2.82. The Labute approximate surface area is 122 Å². The van der Waals surface area contributed by atoms with Crippen molar-refractivity contribution in [2.45, 2.75) is 32.6 Å². The molecule has 7 heteroatoms. The van der Waals surface area contributed by atoms with Crippen LogP contribution in [0.4, 0.5) is 11.5 Å². The van der Waals surface area contributed by atoms with E-state index in [9.17, 15) is 14.9 Å². The number of rotatable bonds is 5. The fraction of sp³-hybridized carbons (Fsp3) is 0.571. The van der Waals surface area contributed by atoms with Gasteiger partial charge in [0.1, 0.15) is 0 Å². The Morgan fingerprint density at radius 2 is 2.10 bits per heavy atom. The average Bonchev–Trinajstić information content (AvgIpc) is 2.46. The van der Waals surface area contributed by atoms with E-state index in [2.05, 4.69) is 17.2 Å². The number of hydrogen-bond donors (Lipinski definition) is 2. The number of aromatic carboxylic acids is 1. The molecule has 0 unspecified atom stereocenters. The van der Waals surface area contributed by atoms with Gasteiger partial charge in [-0.25, -0.2) is 9.78 Å². The van der Waals surface area contributed by atoms with Crippen molar-refractivity contribution in [1.29, 1.82) is 0 Å². The molecular weight excluding hydrogens is 274 g/mol. The molecule has 114 valence electrons. The largest absolute Gasteiger partial charge is 0.477 e. The van der Waals surface area contributed by atoms with Gasteiger partial charge in [0.05, 0.1) is 4.92 Å². The van der Waals surface area contributed by atoms with E-state index in [0.717, 1.165) is 37.7 Å². The molecule has 2 N–H and O–H groups in total. The summed E-state index contributed by atoms with van der Waals surface area (Å²) in [6, 6.07) is 2.33. The van der Waals surface area contributed by atoms with Crippen LogP contribution in [0.25, 0.3) is 0 Å². The van der Waals surface area contributed by atoms with Crippen molar-refractivity contribution in [3.8, 4) is 0 Å². The van der Waals surface area contributed by atoms with Crippen molar-refractivity contribution in [2.75, 3.05) is 11.9 Å². The quantitative estimate of drug-likeness (QED) is 0.638. The summed E-state index contributed by atoms with van der Waals surface area (Å²) in [4.78, 5) is 25.2. The Kier molecular flexibility index (Phi) is 4.72. The van der Waals surface area contributed by atoms with Gasteiger partial charge in [-0.1, -0.05) is 19.8 Å². The Bertz CT molecular complexity index is 539. The van der Waals surface area contributed by atoms with Crippen LogP contribution in [0.1, 0.15) is 43.1 Å². The lowest BCUT2D eigenvalue weighted by molar-refractivity contribution is -0.384. The SMILES string of the molecule is CC1CCC(CNc2nc(C(=O)O)ccc2[N+](=O)[O-])CC1. The fourth-order valence-electron chi connectivity index (χ4n) is 2.62. The number of hydrogen-bond acceptors (Lipinski definition) is 5. The number of pyridine rings is 1. The zero-order chi connectivity index (χ0) is 15.4. The summed E-state index contributed by atoms with van der Waals surface area (Å²) in [5.41, 5.74) is -0.385. The maximum absolute atomic E-state index is 11.0. The lowest BCUT2D eigenvalue weighted by Gasteiger charge is -2.26. The number of anilines is 1. The number of nitrogens with zero attached hydrogens (tertiary/aromatic N) is 2. The zero-order valence-corrected chi connectivity index (χ0v) is 11.9. The molecule has 1 heterocycles. The van der Waals surface area contributed by atoms with Gasteiger partial charge in [-0.05, 0) is 30.7 Å². The number of aromatic nitrogens is 1. The molecule has 1 aromatic rings. The minimum absolute atomic E-state index is 0.0403. The third kappa shape index (κ3) is 3.90. The summed E-state index contributed by atoms with van der Waals surface area (Å²) in [7, 11) is 0. The fourth-order valence-corrected chi connectivity index (χ4v) is 2.62. The predicted molar refractivity (Wildman–Crippen MR) is 77.5 cm³/mol. The predicted octanol–water partition coefficient (Wildman–Crippen LogP) is 2.93. The molecule has 1 aromatic heterocycles. The maximum atomic E-state index is 11.0. The first-order valence-corrected chi connectivity index (χ1v) is 7.10. The topological polar surface area (TPSA) is 105 Å². The molecule has 21 heavy (non-hydrogen) atoms. The van der Waals surface area contributed by atoms with Crippen LogP contribution in [0, 0.1) is 22.0 Å². The first-order chi connectivity index (χ1) is 9.97. The summed E-state index contributed by atoms with van der Waals surface area (Å²) < 4.78 is 0. The van der Waals surface area contributed by atoms with Crippen LogP contribution in [0.15, 0.2) is 12.1 Å². The molecule has 2 rings (SSSR count). The first-order valence-electron chi connectivity index (χ1n) is 7.10. The minimum Gasteiger partial charge on any atom is -0.477 e. The third-order valence-electron chi connectivity index (χ3n) is 3.98. The van der Waals surface area contributed by atoms with Crippen LogP contribution in [-0.2, 0) is 0 Å². The molecule has 1 saturated carbocycles. The highest BCUT2D eigenvalue weighted by Crippen LogP contribution is 2.29. The van der Waals surface area contributed by atoms with E-state index >= 15 is 0 Å². The summed E-state index contributed by atoms with van der Waals surface area (Å²) in [5.74, 6) is 0.0399. The highest BCUT2D eigenvalue weighted by molar-refractivity contribution is 5.86. The van der Waals surface area contributed by atoms with Gasteiger partial charge in [-0.15, -0.1) is 0 Å². The molecule has 0 saturated heterocycles. The van der Waals surface area contributed by atoms with Gasteiger partial charge < -0.3 is 10.4 Å². The van der Waals surface area contributed by atoms with Crippen LogP contribution in [-0.4, -0.2) is 27.5 Å². The molecule has 0 spiro atoms. The molecule has 0 bridgehead atoms. The van der Waals surface area contributed by atoms with Crippen LogP contribution < -0.4 is 5.32 Å². The second-order valence-corrected chi connectivity index (χ2v) is 5.63. The lowest BCUT2D eigenvalue weighted by Crippen LogP contribution is -2.21. The second kappa shape index (κ2) is 6.51. The second-order valence-electron chi connectivity index (χ2n) is 5.63. The molecular formula is C14H19N3O4. The van der Waals surface area contributed by atoms with E-state index in [4.69, 9.17) is 5.11 Å². The minimum atomic E-state index is -1.19. The normalized spacial score (nSPS) is 21.8. The van der Waals surface area contributed by atoms with Gasteiger partial charge in [0.15, 0.2) is 5.69 Å². The van der Waals surface area contributed by atoms with Crippen LogP contribution in [0.2, 0.25) is 0 Å². The highest BCUT2D eigenvalue weighted by atomic mass is 16.6. The third-order valence-corrected chi connectivity index (χ3v) is 3.98. The number of carboxylic acids is 1. The van der Waals surface area contributed by atoms with E-state index in [1.807, 2.05) is 0 Å². The molecule has 7 nitrogen and oxygen atoms in total. The number of nitrogens with one attached hydrogen (secondary N) is 1. The maximum Gasteiger partial charge on any atom is 0.354 e. The molecule has 1 aliphatic carbocycles. The number of nitro groups is 1. The smallest absolute Gasteiger partial charge is 0.354 e. The Balaban J connectivity index is 2.08. The van der Waals surface area contributed by atoms with E-state index in [1.165, 1.54) is 6.07 Å². The first kappa shape index (κ1) is 15.2. The van der Waals surface area contributed by atoms with Gasteiger partial charge in [-0.3, -0.25) is 10.1 Å². The molecule has 0 aliphatic heterocycles. The van der Waals surface area contributed by atoms with E-state index < -0.39 is 10.9 Å². The van der Waals surface area contributed by atoms with Crippen molar-refractivity contribution >= 4 is 17.5 Å². The van der Waals surface area contributed by atoms with E-state index in [0.29, 0.717) is 12.5 Å². The van der Waals surface area contributed by atoms with Crippen molar-refractivity contribution in [1.82, 2.24) is 4.98 Å². The molecule has 0 atom stereocenters. The van der Waals surface area contributed by atoms with Gasteiger partial charge in [0.2, 0.25) is 5.82 Å². The number of carboxylic acid groups (broad SMARTS) is 1. The van der Waals surface area contributed by atoms with Crippen LogP contribution >= 0.6 is 0 Å². The molecule has 0 aromatic carbocycles. The lowest BCUT2D eigenvalue weighted by atomic mass is 9.83. The summed E-state index contributed by atoms with van der Waals surface area (Å²) in [5, 5.41) is 22.9.